The molecule has 0 aliphatic carbocycles. The Morgan fingerprint density at radius 3 is 0.393 bits per heavy atom. The Bertz CT molecular complexity index is 56.2. The molecule has 0 aromatic heterocycles. The Balaban J connectivity index is -0.00000000429. The van der Waals surface area contributed by atoms with E-state index in [-0.39, 0.29) is 372 Å². The molecule has 0 fully saturated rings. The standard InChI is InChI=1S/4C4H8.4CH3.4Tb.4Yb/c4*1-3-4-2;;;;;;;;;;;;/h4*3-4H,1-2H3;4*1H3;;;;;;;;/q;;;;4*-1;;;;;;;;. The van der Waals surface area contributed by atoms with Crippen LogP contribution in [0.15, 0.2) is 0 Å². The molecule has 8 heteroatoms. The van der Waals surface area contributed by atoms with Crippen LogP contribution in [0.1, 0.15) is 55.4 Å². The van der Waals surface area contributed by atoms with Crippen molar-refractivity contribution in [2.45, 2.75) is 55.4 Å². The van der Waals surface area contributed by atoms with Crippen molar-refractivity contribution in [2.24, 2.45) is 0 Å². The largest absolute Gasteiger partial charge is 0.358 e. The fourth-order valence-electron chi connectivity index (χ4n) is 0. The molecular weight excluding hydrogens is 1570 g/mol. The molecule has 0 nitrogen and oxygen atoms in total. The molecule has 4 radical (unpaired) electrons. The van der Waals surface area contributed by atoms with Gasteiger partial charge in [0, 0.05) is 370 Å². The minimum absolute atomic E-state index is 0. The molecule has 0 saturated carbocycles. The Labute approximate surface area is 463 Å². The summed E-state index contributed by atoms with van der Waals surface area (Å²) in [6.07, 6.45) is 16.0. The summed E-state index contributed by atoms with van der Waals surface area (Å²) in [5, 5.41) is 0. The zero-order valence-electron chi connectivity index (χ0n) is 19.0. The van der Waals surface area contributed by atoms with E-state index in [4.69, 9.17) is 0 Å². The molecule has 0 spiro atoms. The van der Waals surface area contributed by atoms with Crippen LogP contribution < -0.4 is 0 Å². The third kappa shape index (κ3) is 216. The van der Waals surface area contributed by atoms with Crippen LogP contribution in [0, 0.1) is 423 Å². The van der Waals surface area contributed by atoms with E-state index in [2.05, 4.69) is 0 Å². The molecule has 0 heterocycles. The summed E-state index contributed by atoms with van der Waals surface area (Å²) < 4.78 is 0. The normalized spacial score (nSPS) is 3.71. The second kappa shape index (κ2) is 145. The molecule has 0 amide bonds. The van der Waals surface area contributed by atoms with Crippen molar-refractivity contribution in [1.29, 1.82) is 0 Å². The Morgan fingerprint density at radius 1 is 0.357 bits per heavy atom. The smallest absolute Gasteiger partial charge is 0.0466 e. The fraction of sp³-hybridized carbons (Fsp3) is 0.400. The van der Waals surface area contributed by atoms with Gasteiger partial charge in [0.15, 0.2) is 0 Å². The van der Waals surface area contributed by atoms with Crippen molar-refractivity contribution in [2.75, 3.05) is 0 Å². The van der Waals surface area contributed by atoms with E-state index in [0.717, 1.165) is 0 Å². The molecule has 0 N–H and O–H groups in total. The first-order valence-electron chi connectivity index (χ1n) is 5.95. The van der Waals surface area contributed by atoms with E-state index in [9.17, 15) is 0 Å². The van der Waals surface area contributed by atoms with Gasteiger partial charge in [-0.2, -0.15) is 27.7 Å². The maximum atomic E-state index is 2.00. The van der Waals surface area contributed by atoms with Crippen LogP contribution >= 0.6 is 0 Å². The second-order valence-corrected chi connectivity index (χ2v) is 2.67. The number of unbranched alkanes of at least 4 members (excludes halogenated alkanes) is 4. The van der Waals surface area contributed by atoms with E-state index >= 15 is 0 Å². The van der Waals surface area contributed by atoms with Crippen LogP contribution in [0.3, 0.4) is 0 Å². The first-order valence-corrected chi connectivity index (χ1v) is 5.95. The summed E-state index contributed by atoms with van der Waals surface area (Å²) in [4.78, 5) is 0. The van der Waals surface area contributed by atoms with Gasteiger partial charge in [0.25, 0.3) is 0 Å². The third-order valence-corrected chi connectivity index (χ3v) is 1.33. The van der Waals surface area contributed by atoms with E-state index in [0.29, 0.717) is 0 Å². The van der Waals surface area contributed by atoms with Crippen molar-refractivity contribution < 1.29 is 342 Å². The van der Waals surface area contributed by atoms with Gasteiger partial charge in [0.2, 0.25) is 0 Å². The van der Waals surface area contributed by atoms with Crippen molar-refractivity contribution >= 4 is 0 Å². The van der Waals surface area contributed by atoms with Gasteiger partial charge in [0.1, 0.15) is 0 Å². The summed E-state index contributed by atoms with van der Waals surface area (Å²) in [5.74, 6) is 0. The van der Waals surface area contributed by atoms with E-state index in [1.54, 1.807) is 0 Å². The number of rotatable bonds is 4. The first-order chi connectivity index (χ1) is 7.66. The van der Waals surface area contributed by atoms with Crippen LogP contribution in [0.5, 0.6) is 0 Å². The van der Waals surface area contributed by atoms with Gasteiger partial charge in [-0.25, -0.2) is 0 Å². The Morgan fingerprint density at radius 2 is 0.393 bits per heavy atom. The van der Waals surface area contributed by atoms with Crippen molar-refractivity contribution in [3.63, 3.8) is 0 Å². The van der Waals surface area contributed by atoms with Gasteiger partial charge in [-0.1, -0.05) is 25.7 Å². The fourth-order valence-corrected chi connectivity index (χ4v) is 0. The maximum Gasteiger partial charge on any atom is 0.0466 e. The number of hydrogen-bond donors (Lipinski definition) is 0. The predicted octanol–water partition coefficient (Wildman–Crippen LogP) is 7.54. The Hall–Kier alpha value is 10.7. The van der Waals surface area contributed by atoms with Crippen LogP contribution in [-0.2, 0) is 0 Å². The minimum Gasteiger partial charge on any atom is -0.358 e. The van der Waals surface area contributed by atoms with Crippen LogP contribution in [-0.4, -0.2) is 0 Å². The quantitative estimate of drug-likeness (QED) is 0.256. The molecule has 220 valence electrons. The SMILES string of the molecule is C[CH+][CH-]C.C[CH+][CH-]C.C[CH+][CH-]C.C[CH+][CH-]C.[CH3-].[CH3-].[CH3-].[CH3-].[Tb].[Tb].[Tb].[Tb].[Yb].[Yb].[Yb].[Yb]. The van der Waals surface area contributed by atoms with E-state index < -0.39 is 0 Å². The summed E-state index contributed by atoms with van der Waals surface area (Å²) >= 11 is 0. The molecule has 0 atom stereocenters. The Kier molecular flexibility index (Phi) is 554. The third-order valence-electron chi connectivity index (χ3n) is 1.33. The number of hydrogen-bond acceptors (Lipinski definition) is 0. The maximum absolute atomic E-state index is 2.00. The molecule has 0 aromatic rings. The summed E-state index contributed by atoms with van der Waals surface area (Å²) in [6, 6.07) is 0. The first kappa shape index (κ1) is 107. The van der Waals surface area contributed by atoms with Crippen molar-refractivity contribution in [1.82, 2.24) is 0 Å². The molecular formula is C20H44Tb4Yb4-4. The van der Waals surface area contributed by atoms with E-state index in [1.807, 2.05) is 107 Å². The summed E-state index contributed by atoms with van der Waals surface area (Å²) in [6.45, 7) is 16.0. The van der Waals surface area contributed by atoms with Crippen LogP contribution in [0.4, 0.5) is 0 Å². The molecule has 0 saturated heterocycles. The van der Waals surface area contributed by atoms with Gasteiger partial charge in [-0.15, -0.1) is 25.7 Å². The topological polar surface area (TPSA) is 0 Å². The van der Waals surface area contributed by atoms with Gasteiger partial charge in [0.05, 0.1) is 0 Å². The molecule has 28 heavy (non-hydrogen) atoms. The average Bonchev–Trinajstić information content (AvgIpc) is 2.39. The van der Waals surface area contributed by atoms with Crippen LogP contribution in [0.2, 0.25) is 0 Å². The zero-order valence-corrected chi connectivity index (χ0v) is 34.4. The molecule has 0 aliphatic rings. The molecule has 0 aromatic carbocycles. The summed E-state index contributed by atoms with van der Waals surface area (Å²) in [5.41, 5.74) is 0. The molecule has 0 rings (SSSR count). The van der Waals surface area contributed by atoms with Gasteiger partial charge in [-0.05, 0) is 0 Å². The van der Waals surface area contributed by atoms with Gasteiger partial charge in [-0.3, -0.25) is 0 Å². The van der Waals surface area contributed by atoms with E-state index in [1.165, 1.54) is 0 Å². The van der Waals surface area contributed by atoms with Crippen molar-refractivity contribution in [3.8, 4) is 0 Å². The summed E-state index contributed by atoms with van der Waals surface area (Å²) in [7, 11) is 0. The monoisotopic (exact) mass is 1620 g/mol. The predicted molar refractivity (Wildman–Crippen MR) is 105 cm³/mol. The minimum atomic E-state index is 0. The molecule has 0 aliphatic heterocycles. The molecule has 0 unspecified atom stereocenters. The van der Waals surface area contributed by atoms with Gasteiger partial charge >= 0.3 is 0 Å². The zero-order chi connectivity index (χ0) is 13.7. The average molecular weight is 1610 g/mol. The second-order valence-electron chi connectivity index (χ2n) is 2.67. The van der Waals surface area contributed by atoms with Crippen LogP contribution in [0.25, 0.3) is 0 Å². The van der Waals surface area contributed by atoms with Crippen molar-refractivity contribution in [3.05, 3.63) is 81.1 Å². The van der Waals surface area contributed by atoms with Gasteiger partial charge < -0.3 is 29.7 Å². The molecule has 0 bridgehead atoms.